The van der Waals surface area contributed by atoms with Gasteiger partial charge in [-0.1, -0.05) is 19.1 Å². The average molecular weight is 372 g/mol. The quantitative estimate of drug-likeness (QED) is 0.301. The van der Waals surface area contributed by atoms with E-state index in [9.17, 15) is 14.9 Å². The van der Waals surface area contributed by atoms with E-state index in [0.717, 1.165) is 18.7 Å². The van der Waals surface area contributed by atoms with Gasteiger partial charge in [0.1, 0.15) is 5.75 Å². The lowest BCUT2D eigenvalue weighted by Gasteiger charge is -2.24. The van der Waals surface area contributed by atoms with E-state index >= 15 is 0 Å². The van der Waals surface area contributed by atoms with Crippen LogP contribution in [0.3, 0.4) is 0 Å². The van der Waals surface area contributed by atoms with Gasteiger partial charge in [-0.3, -0.25) is 15.0 Å². The zero-order chi connectivity index (χ0) is 20.0. The molecule has 0 heterocycles. The molecule has 0 aliphatic rings. The summed E-state index contributed by atoms with van der Waals surface area (Å²) in [6, 6.07) is 11.6. The van der Waals surface area contributed by atoms with Crippen LogP contribution in [0.15, 0.2) is 42.5 Å². The molecule has 2 rings (SSSR count). The third kappa shape index (κ3) is 5.27. The van der Waals surface area contributed by atoms with Crippen molar-refractivity contribution in [2.24, 2.45) is 0 Å². The van der Waals surface area contributed by atoms with Gasteiger partial charge in [-0.05, 0) is 50.2 Å². The maximum Gasteiger partial charge on any atom is 0.343 e. The highest BCUT2D eigenvalue weighted by molar-refractivity contribution is 5.91. The fourth-order valence-electron chi connectivity index (χ4n) is 2.65. The molecule has 0 amide bonds. The van der Waals surface area contributed by atoms with Crippen molar-refractivity contribution in [2.75, 3.05) is 13.7 Å². The fraction of sp³-hybridized carbons (Fsp3) is 0.350. The second-order valence-electron chi connectivity index (χ2n) is 6.33. The number of esters is 1. The van der Waals surface area contributed by atoms with Gasteiger partial charge in [0, 0.05) is 12.6 Å². The first-order valence-electron chi connectivity index (χ1n) is 8.73. The van der Waals surface area contributed by atoms with Crippen molar-refractivity contribution in [2.45, 2.75) is 33.4 Å². The van der Waals surface area contributed by atoms with E-state index in [1.54, 1.807) is 12.1 Å². The van der Waals surface area contributed by atoms with Gasteiger partial charge in [0.05, 0.1) is 23.7 Å². The Morgan fingerprint density at radius 3 is 2.37 bits per heavy atom. The number of nitro groups is 1. The second-order valence-corrected chi connectivity index (χ2v) is 6.33. The maximum atomic E-state index is 12.4. The number of rotatable bonds is 8. The van der Waals surface area contributed by atoms with Crippen LogP contribution in [0.1, 0.15) is 36.7 Å². The molecule has 0 spiro atoms. The van der Waals surface area contributed by atoms with E-state index in [-0.39, 0.29) is 11.4 Å². The van der Waals surface area contributed by atoms with Gasteiger partial charge in [-0.15, -0.1) is 0 Å². The van der Waals surface area contributed by atoms with Crippen LogP contribution in [-0.4, -0.2) is 35.5 Å². The molecule has 7 nitrogen and oxygen atoms in total. The molecule has 0 unspecified atom stereocenters. The number of ether oxygens (including phenoxy) is 2. The third-order valence-corrected chi connectivity index (χ3v) is 4.28. The Morgan fingerprint density at radius 1 is 1.19 bits per heavy atom. The molecule has 7 heteroatoms. The molecule has 2 aromatic carbocycles. The first kappa shape index (κ1) is 20.4. The first-order valence-corrected chi connectivity index (χ1v) is 8.73. The molecule has 0 radical (unpaired) electrons. The van der Waals surface area contributed by atoms with Gasteiger partial charge in [0.2, 0.25) is 5.75 Å². The van der Waals surface area contributed by atoms with Crippen molar-refractivity contribution in [1.82, 2.24) is 4.90 Å². The van der Waals surface area contributed by atoms with E-state index in [2.05, 4.69) is 25.7 Å². The van der Waals surface area contributed by atoms with Gasteiger partial charge in [0.25, 0.3) is 0 Å². The number of methoxy groups -OCH3 is 1. The second kappa shape index (κ2) is 9.14. The summed E-state index contributed by atoms with van der Waals surface area (Å²) < 4.78 is 10.2. The molecule has 144 valence electrons. The van der Waals surface area contributed by atoms with Gasteiger partial charge in [-0.25, -0.2) is 4.79 Å². The number of benzene rings is 2. The molecule has 0 saturated carbocycles. The van der Waals surface area contributed by atoms with Crippen LogP contribution in [0.4, 0.5) is 5.69 Å². The molecule has 2 aromatic rings. The molecular formula is C20H24N2O5. The lowest BCUT2D eigenvalue weighted by Crippen LogP contribution is -2.29. The molecule has 0 fully saturated rings. The van der Waals surface area contributed by atoms with Crippen LogP contribution in [0.5, 0.6) is 11.5 Å². The van der Waals surface area contributed by atoms with E-state index < -0.39 is 10.9 Å². The first-order chi connectivity index (χ1) is 12.8. The topological polar surface area (TPSA) is 81.9 Å². The SMILES string of the molecule is CCN(Cc1ccc(C(=O)Oc2ccc(OC)cc2[N+](=O)[O-])cc1)C(C)C. The minimum absolute atomic E-state index is 0.119. The number of carbonyl (C=O) groups is 1. The standard InChI is InChI=1S/C20H24N2O5/c1-5-21(14(2)3)13-15-6-8-16(9-7-15)20(23)27-19-11-10-17(26-4)12-18(19)22(24)25/h6-12,14H,5,13H2,1-4H3. The Hall–Kier alpha value is -2.93. The largest absolute Gasteiger partial charge is 0.496 e. The Morgan fingerprint density at radius 2 is 1.85 bits per heavy atom. The summed E-state index contributed by atoms with van der Waals surface area (Å²) in [6.45, 7) is 8.09. The predicted molar refractivity (Wildman–Crippen MR) is 102 cm³/mol. The summed E-state index contributed by atoms with van der Waals surface area (Å²) in [5, 5.41) is 11.2. The molecule has 0 aliphatic carbocycles. The lowest BCUT2D eigenvalue weighted by atomic mass is 10.1. The highest BCUT2D eigenvalue weighted by Crippen LogP contribution is 2.31. The lowest BCUT2D eigenvalue weighted by molar-refractivity contribution is -0.385. The summed E-state index contributed by atoms with van der Waals surface area (Å²) in [5.74, 6) is -0.450. The Kier molecular flexibility index (Phi) is 6.90. The van der Waals surface area contributed by atoms with Crippen molar-refractivity contribution in [3.05, 3.63) is 63.7 Å². The summed E-state index contributed by atoms with van der Waals surface area (Å²) in [4.78, 5) is 25.2. The van der Waals surface area contributed by atoms with Crippen LogP contribution < -0.4 is 9.47 Å². The summed E-state index contributed by atoms with van der Waals surface area (Å²) in [5.41, 5.74) is 1.09. The van der Waals surface area contributed by atoms with E-state index in [0.29, 0.717) is 17.4 Å². The minimum Gasteiger partial charge on any atom is -0.496 e. The van der Waals surface area contributed by atoms with Gasteiger partial charge < -0.3 is 9.47 Å². The van der Waals surface area contributed by atoms with Gasteiger partial charge >= 0.3 is 11.7 Å². The van der Waals surface area contributed by atoms with Crippen LogP contribution >= 0.6 is 0 Å². The molecule has 0 saturated heterocycles. The monoisotopic (exact) mass is 372 g/mol. The van der Waals surface area contributed by atoms with E-state index in [4.69, 9.17) is 9.47 Å². The number of nitro benzene ring substituents is 1. The molecular weight excluding hydrogens is 348 g/mol. The normalized spacial score (nSPS) is 10.9. The zero-order valence-electron chi connectivity index (χ0n) is 16.0. The Labute approximate surface area is 158 Å². The van der Waals surface area contributed by atoms with Crippen LogP contribution in [-0.2, 0) is 6.54 Å². The maximum absolute atomic E-state index is 12.4. The van der Waals surface area contributed by atoms with Crippen molar-refractivity contribution in [3.63, 3.8) is 0 Å². The number of carbonyl (C=O) groups excluding carboxylic acids is 1. The third-order valence-electron chi connectivity index (χ3n) is 4.28. The molecule has 0 bridgehead atoms. The number of hydrogen-bond acceptors (Lipinski definition) is 6. The zero-order valence-corrected chi connectivity index (χ0v) is 16.0. The van der Waals surface area contributed by atoms with E-state index in [1.807, 2.05) is 12.1 Å². The smallest absolute Gasteiger partial charge is 0.343 e. The average Bonchev–Trinajstić information content (AvgIpc) is 2.66. The summed E-state index contributed by atoms with van der Waals surface area (Å²) in [6.07, 6.45) is 0. The highest BCUT2D eigenvalue weighted by atomic mass is 16.6. The predicted octanol–water partition coefficient (Wildman–Crippen LogP) is 4.05. The molecule has 0 aliphatic heterocycles. The van der Waals surface area contributed by atoms with Gasteiger partial charge in [-0.2, -0.15) is 0 Å². The summed E-state index contributed by atoms with van der Waals surface area (Å²) >= 11 is 0. The van der Waals surface area contributed by atoms with Gasteiger partial charge in [0.15, 0.2) is 0 Å². The number of nitrogens with zero attached hydrogens (tertiary/aromatic N) is 2. The molecule has 0 N–H and O–H groups in total. The van der Waals surface area contributed by atoms with E-state index in [1.165, 1.54) is 25.3 Å². The van der Waals surface area contributed by atoms with Crippen molar-refractivity contribution < 1.29 is 19.2 Å². The van der Waals surface area contributed by atoms with Crippen molar-refractivity contribution in [3.8, 4) is 11.5 Å². The minimum atomic E-state index is -0.647. The molecule has 0 atom stereocenters. The highest BCUT2D eigenvalue weighted by Gasteiger charge is 2.20. The molecule has 0 aromatic heterocycles. The van der Waals surface area contributed by atoms with Crippen molar-refractivity contribution in [1.29, 1.82) is 0 Å². The Bertz CT molecular complexity index is 803. The number of hydrogen-bond donors (Lipinski definition) is 0. The van der Waals surface area contributed by atoms with Crippen molar-refractivity contribution >= 4 is 11.7 Å². The van der Waals surface area contributed by atoms with Crippen LogP contribution in [0, 0.1) is 10.1 Å². The fourth-order valence-corrected chi connectivity index (χ4v) is 2.65. The van der Waals surface area contributed by atoms with Crippen LogP contribution in [0.2, 0.25) is 0 Å². The Balaban J connectivity index is 2.14. The summed E-state index contributed by atoms with van der Waals surface area (Å²) in [7, 11) is 1.41. The van der Waals surface area contributed by atoms with Crippen LogP contribution in [0.25, 0.3) is 0 Å². The molecule has 27 heavy (non-hydrogen) atoms.